The van der Waals surface area contributed by atoms with Gasteiger partial charge in [0.25, 0.3) is 0 Å². The molecule has 1 unspecified atom stereocenters. The Labute approximate surface area is 86.9 Å². The molecule has 0 amide bonds. The van der Waals surface area contributed by atoms with Crippen LogP contribution in [0.5, 0.6) is 0 Å². The second-order valence-electron chi connectivity index (χ2n) is 3.59. The fraction of sp³-hybridized carbons (Fsp3) is 0.667. The van der Waals surface area contributed by atoms with Gasteiger partial charge < -0.3 is 4.74 Å². The minimum absolute atomic E-state index is 0.148. The minimum atomic E-state index is 0.148. The molecule has 0 aromatic carbocycles. The van der Waals surface area contributed by atoms with Crippen LogP contribution in [-0.2, 0) is 11.2 Å². The second kappa shape index (κ2) is 3.95. The molecule has 2 heterocycles. The Balaban J connectivity index is 2.06. The van der Waals surface area contributed by atoms with Crippen molar-refractivity contribution >= 4 is 22.9 Å². The number of aromatic nitrogens is 1. The number of halogens is 1. The quantitative estimate of drug-likeness (QED) is 0.726. The van der Waals surface area contributed by atoms with E-state index in [2.05, 4.69) is 10.4 Å². The molecule has 4 heteroatoms. The van der Waals surface area contributed by atoms with Crippen molar-refractivity contribution in [2.24, 2.45) is 5.41 Å². The number of alkyl halides is 1. The predicted molar refractivity (Wildman–Crippen MR) is 54.4 cm³/mol. The van der Waals surface area contributed by atoms with E-state index in [4.69, 9.17) is 16.3 Å². The van der Waals surface area contributed by atoms with E-state index in [1.807, 2.05) is 5.51 Å². The fourth-order valence-electron chi connectivity index (χ4n) is 1.65. The maximum Gasteiger partial charge on any atom is 0.0794 e. The van der Waals surface area contributed by atoms with Crippen LogP contribution in [0.25, 0.3) is 0 Å². The van der Waals surface area contributed by atoms with E-state index in [1.165, 1.54) is 0 Å². The second-order valence-corrected chi connectivity index (χ2v) is 4.58. The van der Waals surface area contributed by atoms with Crippen molar-refractivity contribution in [3.63, 3.8) is 0 Å². The van der Waals surface area contributed by atoms with Crippen molar-refractivity contribution in [1.29, 1.82) is 0 Å². The summed E-state index contributed by atoms with van der Waals surface area (Å²) in [6.45, 7) is 1.63. The summed E-state index contributed by atoms with van der Waals surface area (Å²) >= 11 is 7.61. The van der Waals surface area contributed by atoms with E-state index in [9.17, 15) is 0 Å². The molecule has 1 aliphatic heterocycles. The van der Waals surface area contributed by atoms with Gasteiger partial charge in [0.15, 0.2) is 0 Å². The molecule has 72 valence electrons. The summed E-state index contributed by atoms with van der Waals surface area (Å²) < 4.78 is 5.39. The standard InChI is InChI=1S/C9H12ClNOS/c10-5-9(1-2-12-6-9)3-8-4-13-7-11-8/h4,7H,1-3,5-6H2. The van der Waals surface area contributed by atoms with Gasteiger partial charge in [-0.3, -0.25) is 0 Å². The molecule has 0 bridgehead atoms. The zero-order valence-corrected chi connectivity index (χ0v) is 8.90. The maximum absolute atomic E-state index is 5.98. The van der Waals surface area contributed by atoms with Crippen molar-refractivity contribution in [2.75, 3.05) is 19.1 Å². The molecular formula is C9H12ClNOS. The van der Waals surface area contributed by atoms with Gasteiger partial charge in [0.05, 0.1) is 17.8 Å². The third-order valence-electron chi connectivity index (χ3n) is 2.51. The normalized spacial score (nSPS) is 28.1. The fourth-order valence-corrected chi connectivity index (χ4v) is 2.51. The molecule has 0 aliphatic carbocycles. The monoisotopic (exact) mass is 217 g/mol. The first-order valence-electron chi connectivity index (χ1n) is 4.35. The summed E-state index contributed by atoms with van der Waals surface area (Å²) in [6, 6.07) is 0. The average molecular weight is 218 g/mol. The first kappa shape index (κ1) is 9.44. The van der Waals surface area contributed by atoms with Crippen LogP contribution in [0.2, 0.25) is 0 Å². The highest BCUT2D eigenvalue weighted by Crippen LogP contribution is 2.33. The molecule has 0 N–H and O–H groups in total. The molecule has 0 radical (unpaired) electrons. The maximum atomic E-state index is 5.98. The van der Waals surface area contributed by atoms with Gasteiger partial charge >= 0.3 is 0 Å². The smallest absolute Gasteiger partial charge is 0.0794 e. The van der Waals surface area contributed by atoms with Gasteiger partial charge in [-0.2, -0.15) is 0 Å². The van der Waals surface area contributed by atoms with Crippen LogP contribution in [0.4, 0.5) is 0 Å². The van der Waals surface area contributed by atoms with Crippen molar-refractivity contribution in [1.82, 2.24) is 4.98 Å². The lowest BCUT2D eigenvalue weighted by molar-refractivity contribution is 0.160. The van der Waals surface area contributed by atoms with Crippen LogP contribution in [-0.4, -0.2) is 24.1 Å². The molecule has 2 nitrogen and oxygen atoms in total. The van der Waals surface area contributed by atoms with E-state index in [0.29, 0.717) is 5.88 Å². The molecule has 0 saturated carbocycles. The molecule has 13 heavy (non-hydrogen) atoms. The molecular weight excluding hydrogens is 206 g/mol. The lowest BCUT2D eigenvalue weighted by atomic mass is 9.85. The molecule has 1 atom stereocenters. The third kappa shape index (κ3) is 2.03. The zero-order chi connectivity index (χ0) is 9.15. The average Bonchev–Trinajstić information content (AvgIpc) is 2.77. The number of hydrogen-bond donors (Lipinski definition) is 0. The van der Waals surface area contributed by atoms with Crippen LogP contribution in [0, 0.1) is 5.41 Å². The van der Waals surface area contributed by atoms with E-state index in [1.54, 1.807) is 11.3 Å². The van der Waals surface area contributed by atoms with Gasteiger partial charge in [0.2, 0.25) is 0 Å². The third-order valence-corrected chi connectivity index (χ3v) is 3.71. The molecule has 0 spiro atoms. The molecule has 1 aromatic heterocycles. The summed E-state index contributed by atoms with van der Waals surface area (Å²) in [5.41, 5.74) is 3.17. The molecule has 1 fully saturated rings. The largest absolute Gasteiger partial charge is 0.381 e. The summed E-state index contributed by atoms with van der Waals surface area (Å²) in [7, 11) is 0. The Bertz CT molecular complexity index is 257. The highest BCUT2D eigenvalue weighted by molar-refractivity contribution is 7.07. The van der Waals surface area contributed by atoms with Crippen molar-refractivity contribution in [2.45, 2.75) is 12.8 Å². The Hall–Kier alpha value is -0.120. The number of ether oxygens (including phenoxy) is 1. The number of nitrogens with zero attached hydrogens (tertiary/aromatic N) is 1. The lowest BCUT2D eigenvalue weighted by Crippen LogP contribution is -2.26. The van der Waals surface area contributed by atoms with Gasteiger partial charge in [0.1, 0.15) is 0 Å². The van der Waals surface area contributed by atoms with Crippen LogP contribution in [0.1, 0.15) is 12.1 Å². The van der Waals surface area contributed by atoms with Crippen LogP contribution < -0.4 is 0 Å². The SMILES string of the molecule is ClCC1(Cc2cscn2)CCOC1. The Morgan fingerprint density at radius 1 is 1.69 bits per heavy atom. The van der Waals surface area contributed by atoms with E-state index >= 15 is 0 Å². The molecule has 2 rings (SSSR count). The highest BCUT2D eigenvalue weighted by Gasteiger charge is 2.34. The van der Waals surface area contributed by atoms with Crippen LogP contribution in [0.15, 0.2) is 10.9 Å². The summed E-state index contributed by atoms with van der Waals surface area (Å²) in [5, 5.41) is 2.09. The van der Waals surface area contributed by atoms with Gasteiger partial charge in [-0.05, 0) is 12.8 Å². The molecule has 1 aromatic rings. The van der Waals surface area contributed by atoms with Gasteiger partial charge in [0, 0.05) is 23.3 Å². The highest BCUT2D eigenvalue weighted by atomic mass is 35.5. The topological polar surface area (TPSA) is 22.1 Å². The summed E-state index contributed by atoms with van der Waals surface area (Å²) in [5.74, 6) is 0.671. The first-order valence-corrected chi connectivity index (χ1v) is 5.83. The summed E-state index contributed by atoms with van der Waals surface area (Å²) in [6.07, 6.45) is 2.02. The van der Waals surface area contributed by atoms with E-state index in [0.717, 1.165) is 31.7 Å². The van der Waals surface area contributed by atoms with E-state index < -0.39 is 0 Å². The van der Waals surface area contributed by atoms with Crippen LogP contribution in [0.3, 0.4) is 0 Å². The van der Waals surface area contributed by atoms with Gasteiger partial charge in [-0.1, -0.05) is 0 Å². The summed E-state index contributed by atoms with van der Waals surface area (Å²) in [4.78, 5) is 4.28. The Kier molecular flexibility index (Phi) is 2.86. The first-order chi connectivity index (χ1) is 6.35. The number of thiazole rings is 1. The van der Waals surface area contributed by atoms with Crippen molar-refractivity contribution < 1.29 is 4.74 Å². The molecule has 1 saturated heterocycles. The van der Waals surface area contributed by atoms with Gasteiger partial charge in [-0.15, -0.1) is 22.9 Å². The molecule has 1 aliphatic rings. The minimum Gasteiger partial charge on any atom is -0.381 e. The Morgan fingerprint density at radius 3 is 3.15 bits per heavy atom. The lowest BCUT2D eigenvalue weighted by Gasteiger charge is -2.22. The number of hydrogen-bond acceptors (Lipinski definition) is 3. The predicted octanol–water partition coefficient (Wildman–Crippen LogP) is 2.33. The van der Waals surface area contributed by atoms with Gasteiger partial charge in [-0.25, -0.2) is 4.98 Å². The van der Waals surface area contributed by atoms with Crippen molar-refractivity contribution in [3.05, 3.63) is 16.6 Å². The number of rotatable bonds is 3. The van der Waals surface area contributed by atoms with Crippen LogP contribution >= 0.6 is 22.9 Å². The van der Waals surface area contributed by atoms with Crippen molar-refractivity contribution in [3.8, 4) is 0 Å². The zero-order valence-electron chi connectivity index (χ0n) is 7.33. The Morgan fingerprint density at radius 2 is 2.62 bits per heavy atom. The van der Waals surface area contributed by atoms with E-state index in [-0.39, 0.29) is 5.41 Å².